The molecule has 2 fully saturated rings. The number of piperidine rings is 1. The number of nitrogens with zero attached hydrogens (tertiary/aromatic N) is 3. The van der Waals surface area contributed by atoms with Crippen molar-refractivity contribution in [2.45, 2.75) is 57.4 Å². The molecule has 31 heavy (non-hydrogen) atoms. The van der Waals surface area contributed by atoms with Gasteiger partial charge < -0.3 is 15.5 Å². The number of carbonyl (C=O) groups excluding carboxylic acids is 3. The molecule has 1 aromatic carbocycles. The Morgan fingerprint density at radius 3 is 2.90 bits per heavy atom. The Kier molecular flexibility index (Phi) is 5.19. The second kappa shape index (κ2) is 8.14. The first-order valence-electron chi connectivity index (χ1n) is 10.8. The van der Waals surface area contributed by atoms with Gasteiger partial charge in [-0.05, 0) is 43.0 Å². The van der Waals surface area contributed by atoms with Gasteiger partial charge in [-0.25, -0.2) is 0 Å². The summed E-state index contributed by atoms with van der Waals surface area (Å²) < 4.78 is 1.96. The monoisotopic (exact) mass is 422 g/mol. The maximum Gasteiger partial charge on any atom is 0.255 e. The normalized spacial score (nSPS) is 23.2. The average molecular weight is 422 g/mol. The molecule has 3 N–H and O–H groups in total. The first-order chi connectivity index (χ1) is 15.1. The molecule has 5 rings (SSSR count). The highest BCUT2D eigenvalue weighted by molar-refractivity contribution is 6.05. The Labute approximate surface area is 180 Å². The van der Waals surface area contributed by atoms with E-state index in [2.05, 4.69) is 21.0 Å². The van der Waals surface area contributed by atoms with Crippen molar-refractivity contribution in [3.8, 4) is 0 Å². The van der Waals surface area contributed by atoms with Crippen molar-refractivity contribution in [1.82, 2.24) is 25.3 Å². The van der Waals surface area contributed by atoms with E-state index in [9.17, 15) is 14.4 Å². The van der Waals surface area contributed by atoms with Crippen LogP contribution >= 0.6 is 0 Å². The lowest BCUT2D eigenvalue weighted by molar-refractivity contribution is -0.136. The summed E-state index contributed by atoms with van der Waals surface area (Å²) in [6, 6.07) is 5.69. The Hall–Kier alpha value is -3.20. The van der Waals surface area contributed by atoms with Crippen LogP contribution in [0.15, 0.2) is 30.6 Å². The van der Waals surface area contributed by atoms with Gasteiger partial charge in [0.1, 0.15) is 6.04 Å². The Morgan fingerprint density at radius 2 is 2.10 bits per heavy atom. The summed E-state index contributed by atoms with van der Waals surface area (Å²) in [4.78, 5) is 37.9. The fourth-order valence-electron chi connectivity index (χ4n) is 4.63. The molecule has 2 saturated heterocycles. The third kappa shape index (κ3) is 4.05. The van der Waals surface area contributed by atoms with Gasteiger partial charge in [0.2, 0.25) is 11.8 Å². The van der Waals surface area contributed by atoms with Crippen molar-refractivity contribution in [2.75, 3.05) is 11.9 Å². The molecule has 0 aliphatic carbocycles. The smallest absolute Gasteiger partial charge is 0.255 e. The number of nitrogens with one attached hydrogen (secondary N) is 3. The van der Waals surface area contributed by atoms with Crippen molar-refractivity contribution < 1.29 is 14.4 Å². The van der Waals surface area contributed by atoms with Crippen LogP contribution in [0.2, 0.25) is 0 Å². The first kappa shape index (κ1) is 19.7. The van der Waals surface area contributed by atoms with Crippen molar-refractivity contribution in [2.24, 2.45) is 0 Å². The molecule has 3 amide bonds. The third-order valence-electron chi connectivity index (χ3n) is 6.29. The van der Waals surface area contributed by atoms with Gasteiger partial charge in [-0.15, -0.1) is 0 Å². The maximum atomic E-state index is 12.8. The van der Waals surface area contributed by atoms with E-state index in [1.165, 1.54) is 12.8 Å². The SMILES string of the molecule is O=C1CCC(N2Cc3cc(CNc4cnn(CC5CCCN5)c4)ccc3C2=O)C(=O)N1. The number of hydrogen-bond acceptors (Lipinski definition) is 6. The molecule has 0 bridgehead atoms. The fraction of sp³-hybridized carbons (Fsp3) is 0.455. The summed E-state index contributed by atoms with van der Waals surface area (Å²) >= 11 is 0. The van der Waals surface area contributed by atoms with E-state index in [1.54, 1.807) is 4.90 Å². The van der Waals surface area contributed by atoms with Gasteiger partial charge >= 0.3 is 0 Å². The zero-order valence-corrected chi connectivity index (χ0v) is 17.3. The number of fused-ring (bicyclic) bond motifs is 1. The lowest BCUT2D eigenvalue weighted by Gasteiger charge is -2.29. The lowest BCUT2D eigenvalue weighted by Crippen LogP contribution is -2.52. The minimum Gasteiger partial charge on any atom is -0.378 e. The highest BCUT2D eigenvalue weighted by atomic mass is 16.2. The number of rotatable bonds is 6. The van der Waals surface area contributed by atoms with Crippen LogP contribution in [0.4, 0.5) is 5.69 Å². The van der Waals surface area contributed by atoms with Crippen LogP contribution in [-0.2, 0) is 29.2 Å². The van der Waals surface area contributed by atoms with E-state index < -0.39 is 6.04 Å². The molecule has 2 aromatic rings. The van der Waals surface area contributed by atoms with Crippen LogP contribution in [-0.4, -0.2) is 51.0 Å². The van der Waals surface area contributed by atoms with E-state index in [0.717, 1.165) is 29.9 Å². The number of anilines is 1. The van der Waals surface area contributed by atoms with Gasteiger partial charge in [-0.2, -0.15) is 5.10 Å². The molecule has 9 nitrogen and oxygen atoms in total. The van der Waals surface area contributed by atoms with Crippen molar-refractivity contribution >= 4 is 23.4 Å². The molecule has 0 spiro atoms. The number of hydrogen-bond donors (Lipinski definition) is 3. The number of imide groups is 1. The highest BCUT2D eigenvalue weighted by Crippen LogP contribution is 2.28. The second-order valence-electron chi connectivity index (χ2n) is 8.49. The Bertz CT molecular complexity index is 1030. The molecule has 9 heteroatoms. The van der Waals surface area contributed by atoms with Gasteiger partial charge in [0.05, 0.1) is 18.4 Å². The summed E-state index contributed by atoms with van der Waals surface area (Å²) in [5.74, 6) is -0.809. The van der Waals surface area contributed by atoms with Crippen LogP contribution in [0.25, 0.3) is 0 Å². The zero-order chi connectivity index (χ0) is 21.4. The van der Waals surface area contributed by atoms with Gasteiger partial charge in [-0.3, -0.25) is 24.4 Å². The van der Waals surface area contributed by atoms with Gasteiger partial charge in [0, 0.05) is 37.3 Å². The molecular weight excluding hydrogens is 396 g/mol. The highest BCUT2D eigenvalue weighted by Gasteiger charge is 2.39. The summed E-state index contributed by atoms with van der Waals surface area (Å²) in [6.07, 6.45) is 6.89. The van der Waals surface area contributed by atoms with E-state index >= 15 is 0 Å². The molecule has 1 aromatic heterocycles. The molecule has 2 unspecified atom stereocenters. The summed E-state index contributed by atoms with van der Waals surface area (Å²) in [5.41, 5.74) is 3.56. The Balaban J connectivity index is 1.21. The van der Waals surface area contributed by atoms with Crippen LogP contribution in [0.5, 0.6) is 0 Å². The number of amides is 3. The van der Waals surface area contributed by atoms with E-state index in [4.69, 9.17) is 0 Å². The number of carbonyl (C=O) groups is 3. The average Bonchev–Trinajstić information content (AvgIpc) is 3.49. The molecule has 3 aliphatic rings. The van der Waals surface area contributed by atoms with E-state index in [1.807, 2.05) is 35.3 Å². The quantitative estimate of drug-likeness (QED) is 0.600. The van der Waals surface area contributed by atoms with Crippen molar-refractivity contribution in [3.63, 3.8) is 0 Å². The number of aromatic nitrogens is 2. The van der Waals surface area contributed by atoms with Gasteiger partial charge in [-0.1, -0.05) is 12.1 Å². The first-order valence-corrected chi connectivity index (χ1v) is 10.8. The van der Waals surface area contributed by atoms with Crippen molar-refractivity contribution in [1.29, 1.82) is 0 Å². The van der Waals surface area contributed by atoms with Crippen LogP contribution in [0.1, 0.15) is 47.2 Å². The molecule has 4 heterocycles. The predicted octanol–water partition coefficient (Wildman–Crippen LogP) is 1.01. The topological polar surface area (TPSA) is 108 Å². The minimum absolute atomic E-state index is 0.147. The van der Waals surface area contributed by atoms with Gasteiger partial charge in [0.15, 0.2) is 0 Å². The maximum absolute atomic E-state index is 12.8. The number of benzene rings is 1. The molecule has 0 radical (unpaired) electrons. The van der Waals surface area contributed by atoms with Gasteiger partial charge in [0.25, 0.3) is 5.91 Å². The molecule has 162 valence electrons. The summed E-state index contributed by atoms with van der Waals surface area (Å²) in [5, 5.41) is 13.6. The molecule has 0 saturated carbocycles. The lowest BCUT2D eigenvalue weighted by atomic mass is 10.0. The van der Waals surface area contributed by atoms with E-state index in [-0.39, 0.29) is 24.1 Å². The molecule has 2 atom stereocenters. The standard InChI is InChI=1S/C22H26N6O3/c29-20-6-5-19(21(30)26-20)28-11-15-8-14(3-4-18(15)22(28)31)9-24-17-10-25-27(13-17)12-16-2-1-7-23-16/h3-4,8,10,13,16,19,23-24H,1-2,5-7,9,11-12H2,(H,26,29,30). The minimum atomic E-state index is -0.584. The van der Waals surface area contributed by atoms with Crippen LogP contribution in [0, 0.1) is 0 Å². The molecular formula is C22H26N6O3. The third-order valence-corrected chi connectivity index (χ3v) is 6.29. The Morgan fingerprint density at radius 1 is 1.19 bits per heavy atom. The van der Waals surface area contributed by atoms with Crippen LogP contribution < -0.4 is 16.0 Å². The van der Waals surface area contributed by atoms with Crippen LogP contribution in [0.3, 0.4) is 0 Å². The fourth-order valence-corrected chi connectivity index (χ4v) is 4.63. The second-order valence-corrected chi connectivity index (χ2v) is 8.49. The predicted molar refractivity (Wildman–Crippen MR) is 113 cm³/mol. The zero-order valence-electron chi connectivity index (χ0n) is 17.3. The molecule has 3 aliphatic heterocycles. The summed E-state index contributed by atoms with van der Waals surface area (Å²) in [6.45, 7) is 2.96. The van der Waals surface area contributed by atoms with Crippen molar-refractivity contribution in [3.05, 3.63) is 47.3 Å². The van der Waals surface area contributed by atoms with E-state index in [0.29, 0.717) is 31.1 Å². The summed E-state index contributed by atoms with van der Waals surface area (Å²) in [7, 11) is 0. The largest absolute Gasteiger partial charge is 0.378 e.